The third-order valence-corrected chi connectivity index (χ3v) is 6.39. The minimum atomic E-state index is -3.86. The third-order valence-electron chi connectivity index (χ3n) is 4.75. The van der Waals surface area contributed by atoms with E-state index in [0.717, 1.165) is 35.8 Å². The van der Waals surface area contributed by atoms with Gasteiger partial charge in [0.2, 0.25) is 0 Å². The zero-order valence-corrected chi connectivity index (χ0v) is 15.1. The van der Waals surface area contributed by atoms with E-state index in [0.29, 0.717) is 11.3 Å². The largest absolute Gasteiger partial charge is 0.298 e. The lowest BCUT2D eigenvalue weighted by Gasteiger charge is -2.14. The van der Waals surface area contributed by atoms with Crippen LogP contribution < -0.4 is 0 Å². The van der Waals surface area contributed by atoms with Crippen molar-refractivity contribution in [3.05, 3.63) is 71.7 Å². The van der Waals surface area contributed by atoms with E-state index < -0.39 is 10.0 Å². The molecule has 5 nitrogen and oxygen atoms in total. The molecule has 26 heavy (non-hydrogen) atoms. The summed E-state index contributed by atoms with van der Waals surface area (Å²) < 4.78 is 27.8. The molecule has 0 spiro atoms. The summed E-state index contributed by atoms with van der Waals surface area (Å²) in [5.41, 5.74) is 3.67. The lowest BCUT2D eigenvalue weighted by molar-refractivity contribution is 0.112. The Morgan fingerprint density at radius 2 is 1.92 bits per heavy atom. The van der Waals surface area contributed by atoms with Crippen molar-refractivity contribution in [2.24, 2.45) is 0 Å². The maximum absolute atomic E-state index is 13.3. The van der Waals surface area contributed by atoms with Crippen molar-refractivity contribution in [2.75, 3.05) is 0 Å². The van der Waals surface area contributed by atoms with Crippen molar-refractivity contribution in [3.63, 3.8) is 0 Å². The molecule has 0 aliphatic heterocycles. The Hall–Kier alpha value is -2.73. The molecule has 4 rings (SSSR count). The summed E-state index contributed by atoms with van der Waals surface area (Å²) in [6.07, 6.45) is 7.00. The van der Waals surface area contributed by atoms with Crippen LogP contribution in [-0.4, -0.2) is 23.7 Å². The zero-order chi connectivity index (χ0) is 18.3. The van der Waals surface area contributed by atoms with Gasteiger partial charge in [-0.2, -0.15) is 0 Å². The highest BCUT2D eigenvalue weighted by Gasteiger charge is 2.35. The van der Waals surface area contributed by atoms with Gasteiger partial charge in [-0.15, -0.1) is 0 Å². The smallest absolute Gasteiger partial charge is 0.269 e. The molecular formula is C20H18N2O3S. The van der Waals surface area contributed by atoms with Crippen LogP contribution in [0.25, 0.3) is 11.3 Å². The summed E-state index contributed by atoms with van der Waals surface area (Å²) in [4.78, 5) is 15.7. The molecule has 2 aromatic heterocycles. The summed E-state index contributed by atoms with van der Waals surface area (Å²) >= 11 is 0. The molecule has 0 saturated heterocycles. The quantitative estimate of drug-likeness (QED) is 0.644. The molecule has 132 valence electrons. The zero-order valence-electron chi connectivity index (χ0n) is 14.3. The summed E-state index contributed by atoms with van der Waals surface area (Å²) in [7, 11) is -3.86. The molecule has 0 amide bonds. The first kappa shape index (κ1) is 16.7. The lowest BCUT2D eigenvalue weighted by atomic mass is 9.98. The van der Waals surface area contributed by atoms with Crippen LogP contribution in [-0.2, 0) is 10.0 Å². The monoisotopic (exact) mass is 366 g/mol. The van der Waals surface area contributed by atoms with Gasteiger partial charge in [-0.3, -0.25) is 9.78 Å². The standard InChI is InChI=1S/C20H18N2O3S/c1-14-5-2-3-7-18(14)20-19(15-8-9-15)16(13-23)12-22(20)26(24,25)17-6-4-10-21-11-17/h2-7,10-13,15H,8-9H2,1H3. The molecule has 1 aliphatic carbocycles. The maximum Gasteiger partial charge on any atom is 0.269 e. The van der Waals surface area contributed by atoms with Crippen LogP contribution in [0.4, 0.5) is 0 Å². The fourth-order valence-corrected chi connectivity index (χ4v) is 4.68. The van der Waals surface area contributed by atoms with E-state index in [1.807, 2.05) is 31.2 Å². The Kier molecular flexibility index (Phi) is 4.00. The molecule has 0 radical (unpaired) electrons. The van der Waals surface area contributed by atoms with Crippen molar-refractivity contribution >= 4 is 16.3 Å². The topological polar surface area (TPSA) is 69.0 Å². The van der Waals surface area contributed by atoms with Gasteiger partial charge in [-0.05, 0) is 48.9 Å². The Balaban J connectivity index is 2.05. The number of carbonyl (C=O) groups is 1. The van der Waals surface area contributed by atoms with E-state index in [1.54, 1.807) is 6.07 Å². The van der Waals surface area contributed by atoms with Crippen molar-refractivity contribution < 1.29 is 13.2 Å². The minimum absolute atomic E-state index is 0.102. The highest BCUT2D eigenvalue weighted by Crippen LogP contribution is 2.47. The molecule has 2 heterocycles. The Bertz CT molecular complexity index is 1080. The van der Waals surface area contributed by atoms with Crippen molar-refractivity contribution in [2.45, 2.75) is 30.6 Å². The SMILES string of the molecule is Cc1ccccc1-c1c(C2CC2)c(C=O)cn1S(=O)(=O)c1cccnc1. The minimum Gasteiger partial charge on any atom is -0.298 e. The van der Waals surface area contributed by atoms with Crippen LogP contribution in [0.2, 0.25) is 0 Å². The molecule has 0 unspecified atom stereocenters. The summed E-state index contributed by atoms with van der Waals surface area (Å²) in [6, 6.07) is 10.8. The fraction of sp³-hybridized carbons (Fsp3) is 0.200. The number of pyridine rings is 1. The number of carbonyl (C=O) groups excluding carboxylic acids is 1. The molecule has 1 fully saturated rings. The number of rotatable bonds is 5. The van der Waals surface area contributed by atoms with Gasteiger partial charge < -0.3 is 0 Å². The van der Waals surface area contributed by atoms with E-state index in [4.69, 9.17) is 0 Å². The number of nitrogens with zero attached hydrogens (tertiary/aromatic N) is 2. The van der Waals surface area contributed by atoms with Crippen LogP contribution in [0, 0.1) is 6.92 Å². The van der Waals surface area contributed by atoms with Crippen molar-refractivity contribution in [1.82, 2.24) is 8.96 Å². The molecule has 0 N–H and O–H groups in total. The molecular weight excluding hydrogens is 348 g/mol. The predicted molar refractivity (Wildman–Crippen MR) is 98.8 cm³/mol. The van der Waals surface area contributed by atoms with Gasteiger partial charge >= 0.3 is 0 Å². The van der Waals surface area contributed by atoms with Gasteiger partial charge in [0.1, 0.15) is 4.90 Å². The van der Waals surface area contributed by atoms with E-state index >= 15 is 0 Å². The van der Waals surface area contributed by atoms with Crippen molar-refractivity contribution in [3.8, 4) is 11.3 Å². The van der Waals surface area contributed by atoms with Gasteiger partial charge in [0.25, 0.3) is 10.0 Å². The molecule has 0 bridgehead atoms. The average Bonchev–Trinajstić information content (AvgIpc) is 3.42. The highest BCUT2D eigenvalue weighted by atomic mass is 32.2. The predicted octanol–water partition coefficient (Wildman–Crippen LogP) is 3.79. The van der Waals surface area contributed by atoms with E-state index in [-0.39, 0.29) is 10.8 Å². The molecule has 0 atom stereocenters. The van der Waals surface area contributed by atoms with Gasteiger partial charge in [-0.25, -0.2) is 12.4 Å². The first-order valence-corrected chi connectivity index (χ1v) is 9.90. The molecule has 6 heteroatoms. The third kappa shape index (κ3) is 2.66. The second kappa shape index (κ2) is 6.21. The number of aromatic nitrogens is 2. The fourth-order valence-electron chi connectivity index (χ4n) is 3.32. The second-order valence-corrected chi connectivity index (χ2v) is 8.36. The normalized spacial score (nSPS) is 14.3. The molecule has 1 saturated carbocycles. The number of benzene rings is 1. The van der Waals surface area contributed by atoms with Gasteiger partial charge in [0.15, 0.2) is 6.29 Å². The first-order valence-electron chi connectivity index (χ1n) is 8.46. The maximum atomic E-state index is 13.3. The van der Waals surface area contributed by atoms with Crippen LogP contribution in [0.3, 0.4) is 0 Å². The summed E-state index contributed by atoms with van der Waals surface area (Å²) in [5.74, 6) is 0.232. The molecule has 1 aliphatic rings. The van der Waals surface area contributed by atoms with E-state index in [9.17, 15) is 13.2 Å². The number of hydrogen-bond acceptors (Lipinski definition) is 4. The van der Waals surface area contributed by atoms with Crippen molar-refractivity contribution in [1.29, 1.82) is 0 Å². The van der Waals surface area contributed by atoms with E-state index in [1.165, 1.54) is 28.6 Å². The lowest BCUT2D eigenvalue weighted by Crippen LogP contribution is -2.14. The Labute approximate surface area is 152 Å². The van der Waals surface area contributed by atoms with Gasteiger partial charge in [0, 0.05) is 29.7 Å². The van der Waals surface area contributed by atoms with Gasteiger partial charge in [-0.1, -0.05) is 24.3 Å². The molecule has 3 aromatic rings. The van der Waals surface area contributed by atoms with Crippen LogP contribution >= 0.6 is 0 Å². The Morgan fingerprint density at radius 1 is 1.15 bits per heavy atom. The van der Waals surface area contributed by atoms with Crippen LogP contribution in [0.5, 0.6) is 0 Å². The summed E-state index contributed by atoms with van der Waals surface area (Å²) in [5, 5.41) is 0. The number of aldehydes is 1. The second-order valence-electron chi connectivity index (χ2n) is 6.54. The number of hydrogen-bond donors (Lipinski definition) is 0. The Morgan fingerprint density at radius 3 is 2.54 bits per heavy atom. The van der Waals surface area contributed by atoms with Crippen LogP contribution in [0.15, 0.2) is 59.9 Å². The molecule has 1 aromatic carbocycles. The average molecular weight is 366 g/mol. The van der Waals surface area contributed by atoms with E-state index in [2.05, 4.69) is 4.98 Å². The first-order chi connectivity index (χ1) is 12.5. The highest BCUT2D eigenvalue weighted by molar-refractivity contribution is 7.90. The van der Waals surface area contributed by atoms with Gasteiger partial charge in [0.05, 0.1) is 5.69 Å². The number of aryl methyl sites for hydroxylation is 1. The van der Waals surface area contributed by atoms with Crippen LogP contribution in [0.1, 0.15) is 40.2 Å². The summed E-state index contributed by atoms with van der Waals surface area (Å²) in [6.45, 7) is 1.95.